The molecule has 1 atom stereocenters. The molecule has 0 bridgehead atoms. The van der Waals surface area contributed by atoms with Gasteiger partial charge in [0, 0.05) is 6.42 Å². The van der Waals surface area contributed by atoms with Gasteiger partial charge in [0.05, 0.1) is 0 Å². The molecule has 1 aliphatic heterocycles. The molecule has 0 aromatic heterocycles. The number of cyclic esters (lactones) is 1. The van der Waals surface area contributed by atoms with E-state index in [1.54, 1.807) is 0 Å². The van der Waals surface area contributed by atoms with Crippen LogP contribution in [0.4, 0.5) is 0 Å². The minimum Gasteiger partial charge on any atom is -0.464 e. The van der Waals surface area contributed by atoms with E-state index in [1.807, 2.05) is 0 Å². The van der Waals surface area contributed by atoms with Crippen molar-refractivity contribution in [2.75, 3.05) is 6.61 Å². The molecule has 0 aromatic carbocycles. The van der Waals surface area contributed by atoms with Crippen molar-refractivity contribution in [2.45, 2.75) is 18.9 Å². The Bertz CT molecular complexity index is 143. The first-order chi connectivity index (χ1) is 4.83. The second-order valence-corrected chi connectivity index (χ2v) is 2.08. The topological polar surface area (TPSA) is 52.6 Å². The van der Waals surface area contributed by atoms with Crippen LogP contribution in [0.25, 0.3) is 0 Å². The summed E-state index contributed by atoms with van der Waals surface area (Å²) in [5.41, 5.74) is 0. The van der Waals surface area contributed by atoms with Crippen molar-refractivity contribution in [3.63, 3.8) is 0 Å². The second kappa shape index (κ2) is 3.20. The monoisotopic (exact) mass is 144 g/mol. The van der Waals surface area contributed by atoms with Crippen LogP contribution >= 0.6 is 0 Å². The van der Waals surface area contributed by atoms with Crippen LogP contribution in [0.2, 0.25) is 0 Å². The summed E-state index contributed by atoms with van der Waals surface area (Å²) >= 11 is 0. The highest BCUT2D eigenvalue weighted by Gasteiger charge is 2.23. The van der Waals surface area contributed by atoms with Gasteiger partial charge in [-0.2, -0.15) is 0 Å². The normalized spacial score (nSPS) is 24.0. The molecule has 1 aliphatic rings. The summed E-state index contributed by atoms with van der Waals surface area (Å²) in [5.74, 6) is -0.209. The van der Waals surface area contributed by atoms with E-state index in [0.717, 1.165) is 0 Å². The summed E-state index contributed by atoms with van der Waals surface area (Å²) in [5, 5.41) is 0. The van der Waals surface area contributed by atoms with Crippen molar-refractivity contribution in [2.24, 2.45) is 0 Å². The van der Waals surface area contributed by atoms with Gasteiger partial charge >= 0.3 is 5.97 Å². The third kappa shape index (κ3) is 1.72. The molecule has 56 valence electrons. The molecule has 0 amide bonds. The summed E-state index contributed by atoms with van der Waals surface area (Å²) in [6.07, 6.45) is 0.886. The van der Waals surface area contributed by atoms with Crippen molar-refractivity contribution in [3.8, 4) is 0 Å². The van der Waals surface area contributed by atoms with Gasteiger partial charge in [-0.25, -0.2) is 0 Å². The molecule has 1 saturated heterocycles. The van der Waals surface area contributed by atoms with Gasteiger partial charge in [-0.3, -0.25) is 9.59 Å². The van der Waals surface area contributed by atoms with Crippen molar-refractivity contribution < 1.29 is 19.1 Å². The van der Waals surface area contributed by atoms with Crippen LogP contribution in [-0.2, 0) is 19.1 Å². The highest BCUT2D eigenvalue weighted by molar-refractivity contribution is 5.71. The first-order valence-electron chi connectivity index (χ1n) is 3.07. The summed E-state index contributed by atoms with van der Waals surface area (Å²) in [6.45, 7) is 0.543. The molecule has 1 heterocycles. The van der Waals surface area contributed by atoms with E-state index >= 15 is 0 Å². The number of carbonyl (C=O) groups excluding carboxylic acids is 2. The number of rotatable bonds is 3. The van der Waals surface area contributed by atoms with Crippen LogP contribution in [0.1, 0.15) is 12.8 Å². The molecule has 0 radical (unpaired) electrons. The molecule has 0 unspecified atom stereocenters. The summed E-state index contributed by atoms with van der Waals surface area (Å²) in [6, 6.07) is 0. The van der Waals surface area contributed by atoms with Crippen LogP contribution in [-0.4, -0.2) is 25.2 Å². The first-order valence-corrected chi connectivity index (χ1v) is 3.07. The van der Waals surface area contributed by atoms with E-state index in [4.69, 9.17) is 4.74 Å². The molecule has 0 aromatic rings. The Labute approximate surface area is 58.1 Å². The van der Waals surface area contributed by atoms with Crippen molar-refractivity contribution >= 4 is 12.4 Å². The first kappa shape index (κ1) is 7.05. The average molecular weight is 144 g/mol. The molecular formula is C6H8O4. The molecule has 1 rings (SSSR count). The van der Waals surface area contributed by atoms with E-state index in [-0.39, 0.29) is 18.7 Å². The van der Waals surface area contributed by atoms with Gasteiger partial charge in [-0.05, 0) is 6.42 Å². The lowest BCUT2D eigenvalue weighted by Gasteiger charge is -2.05. The molecule has 0 N–H and O–H groups in total. The lowest BCUT2D eigenvalue weighted by molar-refractivity contribution is -0.146. The van der Waals surface area contributed by atoms with Gasteiger partial charge in [-0.15, -0.1) is 0 Å². The maximum Gasteiger partial charge on any atom is 0.306 e. The standard InChI is InChI=1S/C6H8O4/c7-4-9-3-5-1-2-6(8)10-5/h4-5H,1-3H2/t5-/m0/s1. The minimum atomic E-state index is -0.210. The Morgan fingerprint density at radius 1 is 1.80 bits per heavy atom. The Kier molecular flexibility index (Phi) is 2.25. The predicted molar refractivity (Wildman–Crippen MR) is 31.1 cm³/mol. The molecule has 0 aliphatic carbocycles. The molecule has 1 fully saturated rings. The van der Waals surface area contributed by atoms with E-state index in [0.29, 0.717) is 19.3 Å². The minimum absolute atomic E-state index is 0.190. The van der Waals surface area contributed by atoms with Crippen LogP contribution in [0, 0.1) is 0 Å². The average Bonchev–Trinajstić information content (AvgIpc) is 2.31. The van der Waals surface area contributed by atoms with Crippen LogP contribution < -0.4 is 0 Å². The van der Waals surface area contributed by atoms with Gasteiger partial charge in [0.25, 0.3) is 6.47 Å². The molecule has 4 heteroatoms. The van der Waals surface area contributed by atoms with Gasteiger partial charge in [0.1, 0.15) is 12.7 Å². The molecule has 10 heavy (non-hydrogen) atoms. The smallest absolute Gasteiger partial charge is 0.306 e. The number of hydrogen-bond donors (Lipinski definition) is 0. The fourth-order valence-corrected chi connectivity index (χ4v) is 0.847. The van der Waals surface area contributed by atoms with Gasteiger partial charge in [-0.1, -0.05) is 0 Å². The maximum absolute atomic E-state index is 10.5. The zero-order valence-corrected chi connectivity index (χ0v) is 5.41. The third-order valence-electron chi connectivity index (χ3n) is 1.32. The maximum atomic E-state index is 10.5. The number of hydrogen-bond acceptors (Lipinski definition) is 4. The van der Waals surface area contributed by atoms with Gasteiger partial charge in [0.15, 0.2) is 0 Å². The van der Waals surface area contributed by atoms with Gasteiger partial charge in [0.2, 0.25) is 0 Å². The zero-order valence-electron chi connectivity index (χ0n) is 5.41. The predicted octanol–water partition coefficient (Wildman–Crippen LogP) is -0.135. The Balaban J connectivity index is 2.18. The quantitative estimate of drug-likeness (QED) is 0.409. The van der Waals surface area contributed by atoms with E-state index in [2.05, 4.69) is 4.74 Å². The fourth-order valence-electron chi connectivity index (χ4n) is 0.847. The Hall–Kier alpha value is -1.06. The second-order valence-electron chi connectivity index (χ2n) is 2.08. The number of carbonyl (C=O) groups is 2. The number of ether oxygens (including phenoxy) is 2. The van der Waals surface area contributed by atoms with Gasteiger partial charge < -0.3 is 9.47 Å². The summed E-state index contributed by atoms with van der Waals surface area (Å²) < 4.78 is 9.15. The van der Waals surface area contributed by atoms with Crippen molar-refractivity contribution in [3.05, 3.63) is 0 Å². The third-order valence-corrected chi connectivity index (χ3v) is 1.32. The molecule has 0 saturated carbocycles. The van der Waals surface area contributed by atoms with Crippen molar-refractivity contribution in [1.82, 2.24) is 0 Å². The lowest BCUT2D eigenvalue weighted by Crippen LogP contribution is -2.14. The molecule has 0 spiro atoms. The zero-order chi connectivity index (χ0) is 7.40. The molecular weight excluding hydrogens is 136 g/mol. The highest BCUT2D eigenvalue weighted by atomic mass is 16.6. The summed E-state index contributed by atoms with van der Waals surface area (Å²) in [7, 11) is 0. The van der Waals surface area contributed by atoms with E-state index in [1.165, 1.54) is 0 Å². The van der Waals surface area contributed by atoms with E-state index < -0.39 is 0 Å². The van der Waals surface area contributed by atoms with E-state index in [9.17, 15) is 9.59 Å². The summed E-state index contributed by atoms with van der Waals surface area (Å²) in [4.78, 5) is 20.1. The largest absolute Gasteiger partial charge is 0.464 e. The van der Waals surface area contributed by atoms with Crippen molar-refractivity contribution in [1.29, 1.82) is 0 Å². The van der Waals surface area contributed by atoms with Crippen LogP contribution in [0.15, 0.2) is 0 Å². The Morgan fingerprint density at radius 3 is 3.10 bits per heavy atom. The SMILES string of the molecule is O=COC[C@@H]1CCC(=O)O1. The highest BCUT2D eigenvalue weighted by Crippen LogP contribution is 2.12. The lowest BCUT2D eigenvalue weighted by atomic mass is 10.2. The number of esters is 1. The van der Waals surface area contributed by atoms with Crippen LogP contribution in [0.5, 0.6) is 0 Å². The fraction of sp³-hybridized carbons (Fsp3) is 0.667. The Morgan fingerprint density at radius 2 is 2.60 bits per heavy atom. The molecule has 4 nitrogen and oxygen atoms in total. The van der Waals surface area contributed by atoms with Crippen LogP contribution in [0.3, 0.4) is 0 Å².